The van der Waals surface area contributed by atoms with Crippen LogP contribution in [0.1, 0.15) is 41.7 Å². The van der Waals surface area contributed by atoms with Gasteiger partial charge in [0.2, 0.25) is 0 Å². The first-order chi connectivity index (χ1) is 10.1. The molecule has 0 aromatic carbocycles. The van der Waals surface area contributed by atoms with Crippen molar-refractivity contribution in [3.8, 4) is 16.8 Å². The number of hydrogen-bond donors (Lipinski definition) is 1. The van der Waals surface area contributed by atoms with Crippen LogP contribution in [0.3, 0.4) is 0 Å². The molecule has 0 saturated carbocycles. The summed E-state index contributed by atoms with van der Waals surface area (Å²) < 4.78 is 0. The Hall–Kier alpha value is -2.26. The number of aryl methyl sites for hydroxylation is 1. The van der Waals surface area contributed by atoms with Crippen LogP contribution < -0.4 is 5.32 Å². The molecule has 0 aliphatic carbocycles. The third kappa shape index (κ3) is 3.26. The minimum absolute atomic E-state index is 0.00440. The number of amides is 1. The van der Waals surface area contributed by atoms with Crippen LogP contribution in [-0.4, -0.2) is 21.9 Å². The molecule has 21 heavy (non-hydrogen) atoms. The van der Waals surface area contributed by atoms with Gasteiger partial charge in [-0.1, -0.05) is 13.0 Å². The topological polar surface area (TPSA) is 78.7 Å². The van der Waals surface area contributed by atoms with Gasteiger partial charge in [0.25, 0.3) is 5.91 Å². The Kier molecular flexibility index (Phi) is 4.66. The standard InChI is InChI=1S/C15H16N4OS/c1-4-10-6-5-7-17-12(10)15-19-13(11(8-16)21-15)14(20)18-9(2)3/h5-7,9H,4H2,1-3H3,(H,18,20). The molecule has 0 aliphatic heterocycles. The van der Waals surface area contributed by atoms with Crippen LogP contribution in [0.5, 0.6) is 0 Å². The van der Waals surface area contributed by atoms with E-state index in [1.807, 2.05) is 39.0 Å². The number of carbonyl (C=O) groups excluding carboxylic acids is 1. The predicted octanol–water partition coefficient (Wildman–Crippen LogP) is 2.78. The number of nitriles is 1. The maximum atomic E-state index is 12.1. The first kappa shape index (κ1) is 15.1. The molecule has 0 unspecified atom stereocenters. The lowest BCUT2D eigenvalue weighted by Crippen LogP contribution is -2.30. The lowest BCUT2D eigenvalue weighted by molar-refractivity contribution is 0.0938. The van der Waals surface area contributed by atoms with Gasteiger partial charge in [-0.05, 0) is 31.9 Å². The van der Waals surface area contributed by atoms with Gasteiger partial charge in [0.1, 0.15) is 21.6 Å². The van der Waals surface area contributed by atoms with Crippen LogP contribution in [0.15, 0.2) is 18.3 Å². The molecule has 0 fully saturated rings. The van der Waals surface area contributed by atoms with E-state index in [1.165, 1.54) is 11.3 Å². The third-order valence-corrected chi connectivity index (χ3v) is 3.81. The molecule has 1 amide bonds. The number of nitrogens with zero attached hydrogens (tertiary/aromatic N) is 3. The predicted molar refractivity (Wildman–Crippen MR) is 82.0 cm³/mol. The van der Waals surface area contributed by atoms with Crippen LogP contribution in [0.2, 0.25) is 0 Å². The van der Waals surface area contributed by atoms with Gasteiger partial charge in [-0.3, -0.25) is 9.78 Å². The monoisotopic (exact) mass is 300 g/mol. The van der Waals surface area contributed by atoms with Gasteiger partial charge >= 0.3 is 0 Å². The van der Waals surface area contributed by atoms with E-state index in [0.717, 1.165) is 17.7 Å². The maximum Gasteiger partial charge on any atom is 0.272 e. The first-order valence-electron chi connectivity index (χ1n) is 6.72. The fraction of sp³-hybridized carbons (Fsp3) is 0.333. The van der Waals surface area contributed by atoms with Crippen LogP contribution >= 0.6 is 11.3 Å². The molecule has 2 aromatic heterocycles. The fourth-order valence-corrected chi connectivity index (χ4v) is 2.79. The van der Waals surface area contributed by atoms with Gasteiger partial charge in [-0.2, -0.15) is 5.26 Å². The van der Waals surface area contributed by atoms with Gasteiger partial charge in [0.05, 0.1) is 0 Å². The van der Waals surface area contributed by atoms with Crippen molar-refractivity contribution in [1.82, 2.24) is 15.3 Å². The minimum atomic E-state index is -0.321. The Morgan fingerprint density at radius 1 is 1.52 bits per heavy atom. The highest BCUT2D eigenvalue weighted by Crippen LogP contribution is 2.29. The molecule has 2 rings (SSSR count). The fourth-order valence-electron chi connectivity index (χ4n) is 1.90. The average molecular weight is 300 g/mol. The van der Waals surface area contributed by atoms with E-state index < -0.39 is 0 Å². The Morgan fingerprint density at radius 2 is 2.29 bits per heavy atom. The van der Waals surface area contributed by atoms with E-state index >= 15 is 0 Å². The Labute approximate surface area is 127 Å². The Balaban J connectivity index is 2.46. The summed E-state index contributed by atoms with van der Waals surface area (Å²) in [4.78, 5) is 21.1. The van der Waals surface area contributed by atoms with Crippen molar-refractivity contribution in [2.24, 2.45) is 0 Å². The molecular formula is C15H16N4OS. The lowest BCUT2D eigenvalue weighted by Gasteiger charge is -2.06. The highest BCUT2D eigenvalue weighted by atomic mass is 32.1. The van der Waals surface area contributed by atoms with Crippen LogP contribution in [0.4, 0.5) is 0 Å². The second kappa shape index (κ2) is 6.46. The Morgan fingerprint density at radius 3 is 2.90 bits per heavy atom. The van der Waals surface area contributed by atoms with E-state index in [2.05, 4.69) is 15.3 Å². The van der Waals surface area contributed by atoms with E-state index in [1.54, 1.807) is 6.20 Å². The summed E-state index contributed by atoms with van der Waals surface area (Å²) in [5.74, 6) is -0.321. The first-order valence-corrected chi connectivity index (χ1v) is 7.54. The molecule has 2 heterocycles. The van der Waals surface area contributed by atoms with Crippen molar-refractivity contribution >= 4 is 17.2 Å². The van der Waals surface area contributed by atoms with E-state index in [9.17, 15) is 10.1 Å². The zero-order valence-corrected chi connectivity index (χ0v) is 13.0. The summed E-state index contributed by atoms with van der Waals surface area (Å²) in [5.41, 5.74) is 1.97. The molecule has 0 aliphatic rings. The van der Waals surface area contributed by atoms with Gasteiger partial charge < -0.3 is 5.32 Å². The van der Waals surface area contributed by atoms with Crippen LogP contribution in [0.25, 0.3) is 10.7 Å². The van der Waals surface area contributed by atoms with Gasteiger partial charge in [-0.15, -0.1) is 11.3 Å². The second-order valence-corrected chi connectivity index (χ2v) is 5.80. The molecule has 0 atom stereocenters. The van der Waals surface area contributed by atoms with Crippen LogP contribution in [0, 0.1) is 11.3 Å². The van der Waals surface area contributed by atoms with E-state index in [-0.39, 0.29) is 17.6 Å². The summed E-state index contributed by atoms with van der Waals surface area (Å²) in [6.45, 7) is 5.77. The molecule has 6 heteroatoms. The van der Waals surface area contributed by atoms with Crippen molar-refractivity contribution in [2.45, 2.75) is 33.2 Å². The minimum Gasteiger partial charge on any atom is -0.348 e. The van der Waals surface area contributed by atoms with E-state index in [0.29, 0.717) is 9.88 Å². The van der Waals surface area contributed by atoms with Gasteiger partial charge in [0.15, 0.2) is 5.69 Å². The summed E-state index contributed by atoms with van der Waals surface area (Å²) in [6, 6.07) is 5.88. The number of thiazole rings is 1. The second-order valence-electron chi connectivity index (χ2n) is 4.80. The maximum absolute atomic E-state index is 12.1. The largest absolute Gasteiger partial charge is 0.348 e. The number of pyridine rings is 1. The lowest BCUT2D eigenvalue weighted by atomic mass is 10.1. The number of aromatic nitrogens is 2. The molecule has 2 aromatic rings. The molecule has 0 spiro atoms. The smallest absolute Gasteiger partial charge is 0.272 e. The zero-order chi connectivity index (χ0) is 15.4. The quantitative estimate of drug-likeness (QED) is 0.941. The van der Waals surface area contributed by atoms with Crippen molar-refractivity contribution < 1.29 is 4.79 Å². The highest BCUT2D eigenvalue weighted by Gasteiger charge is 2.21. The average Bonchev–Trinajstić information content (AvgIpc) is 2.90. The summed E-state index contributed by atoms with van der Waals surface area (Å²) in [6.07, 6.45) is 2.51. The SMILES string of the molecule is CCc1cccnc1-c1nc(C(=O)NC(C)C)c(C#N)s1. The number of hydrogen-bond acceptors (Lipinski definition) is 5. The highest BCUT2D eigenvalue weighted by molar-refractivity contribution is 7.15. The summed E-state index contributed by atoms with van der Waals surface area (Å²) in [7, 11) is 0. The molecule has 0 radical (unpaired) electrons. The molecular weight excluding hydrogens is 284 g/mol. The van der Waals surface area contributed by atoms with Crippen molar-refractivity contribution in [1.29, 1.82) is 5.26 Å². The molecule has 1 N–H and O–H groups in total. The van der Waals surface area contributed by atoms with Gasteiger partial charge in [0, 0.05) is 12.2 Å². The Bertz CT molecular complexity index is 700. The molecule has 108 valence electrons. The van der Waals surface area contributed by atoms with Crippen molar-refractivity contribution in [3.63, 3.8) is 0 Å². The van der Waals surface area contributed by atoms with Crippen LogP contribution in [-0.2, 0) is 6.42 Å². The van der Waals surface area contributed by atoms with E-state index in [4.69, 9.17) is 0 Å². The van der Waals surface area contributed by atoms with Crippen molar-refractivity contribution in [3.05, 3.63) is 34.5 Å². The van der Waals surface area contributed by atoms with Crippen molar-refractivity contribution in [2.75, 3.05) is 0 Å². The number of carbonyl (C=O) groups is 1. The summed E-state index contributed by atoms with van der Waals surface area (Å²) in [5, 5.41) is 12.6. The number of rotatable bonds is 4. The third-order valence-electron chi connectivity index (χ3n) is 2.84. The molecule has 0 saturated heterocycles. The zero-order valence-electron chi connectivity index (χ0n) is 12.2. The normalized spacial score (nSPS) is 10.4. The number of nitrogens with one attached hydrogen (secondary N) is 1. The molecule has 0 bridgehead atoms. The van der Waals surface area contributed by atoms with Gasteiger partial charge in [-0.25, -0.2) is 4.98 Å². The molecule has 5 nitrogen and oxygen atoms in total. The summed E-state index contributed by atoms with van der Waals surface area (Å²) >= 11 is 1.20.